The van der Waals surface area contributed by atoms with Crippen LogP contribution in [0.5, 0.6) is 0 Å². The Balaban J connectivity index is 2.04. The zero-order valence-electron chi connectivity index (χ0n) is 6.92. The number of nitrogens with zero attached hydrogens (tertiary/aromatic N) is 2. The van der Waals surface area contributed by atoms with Crippen LogP contribution in [0.4, 0.5) is 0 Å². The summed E-state index contributed by atoms with van der Waals surface area (Å²) in [5.74, 6) is 0. The molecule has 0 radical (unpaired) electrons. The fraction of sp³-hybridized carbons (Fsp3) is 0.750. The zero-order valence-corrected chi connectivity index (χ0v) is 7.73. The van der Waals surface area contributed by atoms with Gasteiger partial charge in [-0.1, -0.05) is 30.7 Å². The second-order valence-corrected chi connectivity index (χ2v) is 3.32. The van der Waals surface area contributed by atoms with Crippen molar-refractivity contribution in [3.63, 3.8) is 0 Å². The Morgan fingerprint density at radius 2 is 2.27 bits per heavy atom. The van der Waals surface area contributed by atoms with E-state index in [1.54, 1.807) is 0 Å². The zero-order chi connectivity index (χ0) is 7.94. The van der Waals surface area contributed by atoms with Gasteiger partial charge in [0.2, 0.25) is 0 Å². The summed E-state index contributed by atoms with van der Waals surface area (Å²) in [6.45, 7) is 2.23. The third kappa shape index (κ3) is 3.46. The van der Waals surface area contributed by atoms with Crippen LogP contribution >= 0.6 is 11.5 Å². The molecule has 0 N–H and O–H groups in total. The van der Waals surface area contributed by atoms with Crippen LogP contribution in [0.1, 0.15) is 38.3 Å². The average molecular weight is 170 g/mol. The molecule has 0 fully saturated rings. The molecule has 62 valence electrons. The lowest BCUT2D eigenvalue weighted by atomic mass is 10.1. The first kappa shape index (κ1) is 8.65. The van der Waals surface area contributed by atoms with E-state index in [0.29, 0.717) is 0 Å². The van der Waals surface area contributed by atoms with Crippen molar-refractivity contribution in [3.8, 4) is 0 Å². The molecule has 0 atom stereocenters. The van der Waals surface area contributed by atoms with E-state index in [1.807, 2.05) is 5.38 Å². The summed E-state index contributed by atoms with van der Waals surface area (Å²) in [6, 6.07) is 0. The Morgan fingerprint density at radius 1 is 1.36 bits per heavy atom. The lowest BCUT2D eigenvalue weighted by Gasteiger charge is -1.94. The molecule has 0 saturated heterocycles. The summed E-state index contributed by atoms with van der Waals surface area (Å²) >= 11 is 1.44. The van der Waals surface area contributed by atoms with Gasteiger partial charge in [0, 0.05) is 5.38 Å². The first-order chi connectivity index (χ1) is 5.43. The van der Waals surface area contributed by atoms with Crippen molar-refractivity contribution in [2.75, 3.05) is 0 Å². The molecule has 1 heterocycles. The summed E-state index contributed by atoms with van der Waals surface area (Å²) < 4.78 is 3.81. The van der Waals surface area contributed by atoms with Crippen molar-refractivity contribution < 1.29 is 0 Å². The second kappa shape index (κ2) is 5.24. The normalized spacial score (nSPS) is 10.3. The molecular weight excluding hydrogens is 156 g/mol. The molecule has 0 aliphatic carbocycles. The summed E-state index contributed by atoms with van der Waals surface area (Å²) in [6.07, 6.45) is 6.34. The Hall–Kier alpha value is -0.440. The number of hydrogen-bond acceptors (Lipinski definition) is 3. The largest absolute Gasteiger partial charge is 0.143 e. The van der Waals surface area contributed by atoms with E-state index in [4.69, 9.17) is 0 Å². The number of aryl methyl sites for hydroxylation is 1. The Bertz CT molecular complexity index is 172. The fourth-order valence-electron chi connectivity index (χ4n) is 1.03. The average Bonchev–Trinajstić information content (AvgIpc) is 2.50. The highest BCUT2D eigenvalue weighted by Gasteiger charge is 1.94. The van der Waals surface area contributed by atoms with E-state index in [9.17, 15) is 0 Å². The quantitative estimate of drug-likeness (QED) is 0.635. The van der Waals surface area contributed by atoms with Gasteiger partial charge in [0.25, 0.3) is 0 Å². The van der Waals surface area contributed by atoms with Crippen molar-refractivity contribution in [3.05, 3.63) is 11.1 Å². The predicted octanol–water partition coefficient (Wildman–Crippen LogP) is 2.66. The molecule has 1 aromatic heterocycles. The first-order valence-corrected chi connectivity index (χ1v) is 5.03. The minimum atomic E-state index is 1.11. The van der Waals surface area contributed by atoms with Gasteiger partial charge < -0.3 is 0 Å². The number of rotatable bonds is 5. The predicted molar refractivity (Wildman–Crippen MR) is 47.8 cm³/mol. The van der Waals surface area contributed by atoms with Gasteiger partial charge in [-0.2, -0.15) is 0 Å². The molecule has 0 spiro atoms. The van der Waals surface area contributed by atoms with Crippen molar-refractivity contribution >= 4 is 11.5 Å². The summed E-state index contributed by atoms with van der Waals surface area (Å²) in [7, 11) is 0. The Kier molecular flexibility index (Phi) is 4.12. The Morgan fingerprint density at radius 3 is 2.91 bits per heavy atom. The van der Waals surface area contributed by atoms with E-state index < -0.39 is 0 Å². The molecule has 2 nitrogen and oxygen atoms in total. The van der Waals surface area contributed by atoms with Gasteiger partial charge >= 0.3 is 0 Å². The van der Waals surface area contributed by atoms with Crippen LogP contribution in [-0.2, 0) is 6.42 Å². The van der Waals surface area contributed by atoms with Gasteiger partial charge in [0.1, 0.15) is 0 Å². The van der Waals surface area contributed by atoms with Crippen LogP contribution in [0.2, 0.25) is 0 Å². The van der Waals surface area contributed by atoms with Crippen molar-refractivity contribution in [2.45, 2.75) is 39.0 Å². The number of aromatic nitrogens is 2. The molecule has 11 heavy (non-hydrogen) atoms. The highest BCUT2D eigenvalue weighted by Crippen LogP contribution is 2.05. The van der Waals surface area contributed by atoms with E-state index >= 15 is 0 Å². The van der Waals surface area contributed by atoms with Crippen LogP contribution in [0, 0.1) is 0 Å². The Labute approximate surface area is 71.8 Å². The minimum Gasteiger partial charge on any atom is -0.143 e. The molecule has 0 saturated carbocycles. The van der Waals surface area contributed by atoms with Gasteiger partial charge in [0.05, 0.1) is 5.69 Å². The van der Waals surface area contributed by atoms with E-state index in [-0.39, 0.29) is 0 Å². The standard InChI is InChI=1S/C8H14N2S/c1-2-3-4-5-6-8-7-11-10-9-8/h7H,2-6H2,1H3. The molecule has 0 aliphatic rings. The fourth-order valence-corrected chi connectivity index (χ4v) is 1.51. The first-order valence-electron chi connectivity index (χ1n) is 4.19. The van der Waals surface area contributed by atoms with Crippen LogP contribution in [0.15, 0.2) is 5.38 Å². The lowest BCUT2D eigenvalue weighted by Crippen LogP contribution is -1.85. The van der Waals surface area contributed by atoms with Gasteiger partial charge in [-0.15, -0.1) is 5.10 Å². The molecule has 1 aromatic rings. The highest BCUT2D eigenvalue weighted by atomic mass is 32.1. The molecule has 0 amide bonds. The van der Waals surface area contributed by atoms with Gasteiger partial charge in [-0.05, 0) is 24.4 Å². The minimum absolute atomic E-state index is 1.11. The van der Waals surface area contributed by atoms with Crippen LogP contribution < -0.4 is 0 Å². The summed E-state index contributed by atoms with van der Waals surface area (Å²) in [5.41, 5.74) is 1.16. The van der Waals surface area contributed by atoms with Crippen molar-refractivity contribution in [1.82, 2.24) is 9.59 Å². The molecule has 0 unspecified atom stereocenters. The van der Waals surface area contributed by atoms with Crippen LogP contribution in [0.3, 0.4) is 0 Å². The number of hydrogen-bond donors (Lipinski definition) is 0. The monoisotopic (exact) mass is 170 g/mol. The summed E-state index contributed by atoms with van der Waals surface area (Å²) in [5, 5.41) is 6.02. The molecule has 3 heteroatoms. The summed E-state index contributed by atoms with van der Waals surface area (Å²) in [4.78, 5) is 0. The third-order valence-electron chi connectivity index (χ3n) is 1.69. The van der Waals surface area contributed by atoms with E-state index in [0.717, 1.165) is 12.1 Å². The van der Waals surface area contributed by atoms with Gasteiger partial charge in [0.15, 0.2) is 0 Å². The smallest absolute Gasteiger partial charge is 0.0755 e. The molecule has 0 bridgehead atoms. The maximum Gasteiger partial charge on any atom is 0.0755 e. The molecule has 1 rings (SSSR count). The van der Waals surface area contributed by atoms with Crippen molar-refractivity contribution in [2.24, 2.45) is 0 Å². The van der Waals surface area contributed by atoms with Crippen LogP contribution in [0.25, 0.3) is 0 Å². The molecule has 0 aromatic carbocycles. The van der Waals surface area contributed by atoms with E-state index in [1.165, 1.54) is 37.2 Å². The van der Waals surface area contributed by atoms with Crippen molar-refractivity contribution in [1.29, 1.82) is 0 Å². The van der Waals surface area contributed by atoms with Crippen LogP contribution in [-0.4, -0.2) is 9.59 Å². The second-order valence-electron chi connectivity index (χ2n) is 2.71. The van der Waals surface area contributed by atoms with Gasteiger partial charge in [-0.3, -0.25) is 0 Å². The van der Waals surface area contributed by atoms with E-state index in [2.05, 4.69) is 16.5 Å². The maximum atomic E-state index is 3.98. The highest BCUT2D eigenvalue weighted by molar-refractivity contribution is 7.03. The third-order valence-corrected chi connectivity index (χ3v) is 2.25. The molecule has 0 aliphatic heterocycles. The lowest BCUT2D eigenvalue weighted by molar-refractivity contribution is 0.660. The van der Waals surface area contributed by atoms with Gasteiger partial charge in [-0.25, -0.2) is 0 Å². The maximum absolute atomic E-state index is 3.98. The SMILES string of the molecule is CCCCCCc1csnn1. The molecular formula is C8H14N2S. The topological polar surface area (TPSA) is 25.8 Å². The number of unbranched alkanes of at least 4 members (excludes halogenated alkanes) is 3.